The molecule has 3 heterocycles. The fraction of sp³-hybridized carbons (Fsp3) is 0.464. The summed E-state index contributed by atoms with van der Waals surface area (Å²) in [5.74, 6) is 1.86. The molecule has 1 aliphatic rings. The largest absolute Gasteiger partial charge is 0.345 e. The molecule has 0 amide bonds. The van der Waals surface area contributed by atoms with Gasteiger partial charge in [0.25, 0.3) is 0 Å². The number of rotatable bonds is 5. The Morgan fingerprint density at radius 3 is 2.59 bits per heavy atom. The first-order chi connectivity index (χ1) is 15.4. The van der Waals surface area contributed by atoms with Crippen molar-refractivity contribution in [3.63, 3.8) is 0 Å². The number of benzene rings is 2. The molecule has 32 heavy (non-hydrogen) atoms. The minimum absolute atomic E-state index is 0.904. The highest BCUT2D eigenvalue weighted by molar-refractivity contribution is 5.90. The number of aromatic nitrogens is 3. The van der Waals surface area contributed by atoms with Crippen LogP contribution >= 0.6 is 0 Å². The maximum atomic E-state index is 4.93. The van der Waals surface area contributed by atoms with Crippen LogP contribution in [0.25, 0.3) is 33.3 Å². The van der Waals surface area contributed by atoms with Crippen molar-refractivity contribution in [2.24, 2.45) is 5.92 Å². The average molecular weight is 429 g/mol. The van der Waals surface area contributed by atoms with E-state index in [4.69, 9.17) is 4.98 Å². The molecular formula is C28H36N4. The Labute approximate surface area is 191 Å². The highest BCUT2D eigenvalue weighted by Gasteiger charge is 2.18. The quantitative estimate of drug-likeness (QED) is 0.392. The van der Waals surface area contributed by atoms with E-state index >= 15 is 0 Å². The number of aromatic amines is 1. The van der Waals surface area contributed by atoms with Crippen molar-refractivity contribution in [3.8, 4) is 11.4 Å². The summed E-state index contributed by atoms with van der Waals surface area (Å²) in [6.45, 7) is 12.5. The number of fused-ring (bicyclic) bond motifs is 2. The van der Waals surface area contributed by atoms with Crippen LogP contribution in [0, 0.1) is 33.6 Å². The topological polar surface area (TPSA) is 36.9 Å². The predicted octanol–water partition coefficient (Wildman–Crippen LogP) is 6.54. The van der Waals surface area contributed by atoms with Crippen LogP contribution < -0.4 is 0 Å². The highest BCUT2D eigenvalue weighted by atomic mass is 15.1. The zero-order chi connectivity index (χ0) is 22.4. The lowest BCUT2D eigenvalue weighted by molar-refractivity contribution is 0.209. The zero-order valence-corrected chi connectivity index (χ0v) is 20.3. The fourth-order valence-corrected chi connectivity index (χ4v) is 5.58. The standard InChI is InChI=1S/C28H36N4/c1-18-15-19(2)27-25(16-18)29-28(30-27)23-8-9-26-24(17-23)20(3)21(4)32(26)12-6-7-22-10-13-31(5)14-11-22/h8-9,15-17,22H,6-7,10-14H2,1-5H3,(H,29,30). The van der Waals surface area contributed by atoms with Gasteiger partial charge in [-0.1, -0.05) is 6.07 Å². The minimum Gasteiger partial charge on any atom is -0.345 e. The predicted molar refractivity (Wildman–Crippen MR) is 135 cm³/mol. The van der Waals surface area contributed by atoms with Gasteiger partial charge in [-0.2, -0.15) is 0 Å². The Kier molecular flexibility index (Phi) is 5.58. The third-order valence-corrected chi connectivity index (χ3v) is 7.67. The number of piperidine rings is 1. The maximum Gasteiger partial charge on any atom is 0.138 e. The molecule has 0 saturated carbocycles. The Hall–Kier alpha value is -2.59. The van der Waals surface area contributed by atoms with Gasteiger partial charge in [-0.05, 0) is 120 Å². The van der Waals surface area contributed by atoms with E-state index in [1.807, 2.05) is 0 Å². The van der Waals surface area contributed by atoms with Gasteiger partial charge in [0.1, 0.15) is 5.82 Å². The van der Waals surface area contributed by atoms with E-state index in [-0.39, 0.29) is 0 Å². The van der Waals surface area contributed by atoms with Crippen molar-refractivity contribution in [2.75, 3.05) is 20.1 Å². The van der Waals surface area contributed by atoms with Crippen molar-refractivity contribution < 1.29 is 0 Å². The first kappa shape index (κ1) is 21.3. The highest BCUT2D eigenvalue weighted by Crippen LogP contribution is 2.31. The molecule has 1 aliphatic heterocycles. The van der Waals surface area contributed by atoms with Crippen LogP contribution in [0.1, 0.15) is 48.1 Å². The van der Waals surface area contributed by atoms with E-state index in [0.29, 0.717) is 0 Å². The van der Waals surface area contributed by atoms with Crippen LogP contribution in [0.2, 0.25) is 0 Å². The van der Waals surface area contributed by atoms with Gasteiger partial charge in [-0.25, -0.2) is 4.98 Å². The van der Waals surface area contributed by atoms with Gasteiger partial charge in [0, 0.05) is 28.7 Å². The third-order valence-electron chi connectivity index (χ3n) is 7.67. The number of aryl methyl sites for hydroxylation is 4. The van der Waals surface area contributed by atoms with E-state index in [1.165, 1.54) is 72.1 Å². The van der Waals surface area contributed by atoms with Gasteiger partial charge in [0.05, 0.1) is 11.0 Å². The summed E-state index contributed by atoms with van der Waals surface area (Å²) in [5.41, 5.74) is 10.0. The molecule has 4 nitrogen and oxygen atoms in total. The molecule has 1 fully saturated rings. The normalized spacial score (nSPS) is 15.9. The van der Waals surface area contributed by atoms with E-state index in [2.05, 4.69) is 79.5 Å². The second-order valence-corrected chi connectivity index (χ2v) is 10.0. The molecule has 0 bridgehead atoms. The number of hydrogen-bond acceptors (Lipinski definition) is 2. The summed E-state index contributed by atoms with van der Waals surface area (Å²) in [6.07, 6.45) is 5.34. The Balaban J connectivity index is 1.40. The van der Waals surface area contributed by atoms with Gasteiger partial charge < -0.3 is 14.5 Å². The summed E-state index contributed by atoms with van der Waals surface area (Å²) in [5, 5.41) is 1.35. The number of likely N-dealkylation sites (tertiary alicyclic amines) is 1. The molecule has 0 radical (unpaired) electrons. The van der Waals surface area contributed by atoms with Crippen LogP contribution in [0.3, 0.4) is 0 Å². The molecule has 1 N–H and O–H groups in total. The lowest BCUT2D eigenvalue weighted by Gasteiger charge is -2.29. The second-order valence-electron chi connectivity index (χ2n) is 10.0. The molecule has 5 rings (SSSR count). The summed E-state index contributed by atoms with van der Waals surface area (Å²) in [6, 6.07) is 11.2. The number of imidazole rings is 1. The number of hydrogen-bond donors (Lipinski definition) is 1. The monoisotopic (exact) mass is 428 g/mol. The van der Waals surface area contributed by atoms with E-state index in [9.17, 15) is 0 Å². The molecule has 2 aromatic heterocycles. The van der Waals surface area contributed by atoms with Crippen molar-refractivity contribution in [2.45, 2.75) is 59.9 Å². The van der Waals surface area contributed by atoms with Gasteiger partial charge in [-0.3, -0.25) is 0 Å². The second kappa shape index (κ2) is 8.40. The first-order valence-electron chi connectivity index (χ1n) is 12.2. The van der Waals surface area contributed by atoms with Gasteiger partial charge >= 0.3 is 0 Å². The summed E-state index contributed by atoms with van der Waals surface area (Å²) in [4.78, 5) is 10.9. The Morgan fingerprint density at radius 1 is 1.03 bits per heavy atom. The van der Waals surface area contributed by atoms with Gasteiger partial charge in [0.15, 0.2) is 0 Å². The van der Waals surface area contributed by atoms with Crippen LogP contribution in [-0.4, -0.2) is 39.6 Å². The average Bonchev–Trinajstić information content (AvgIpc) is 3.30. The number of nitrogens with one attached hydrogen (secondary N) is 1. The molecular weight excluding hydrogens is 392 g/mol. The summed E-state index contributed by atoms with van der Waals surface area (Å²) in [7, 11) is 2.25. The molecule has 0 atom stereocenters. The molecule has 0 unspecified atom stereocenters. The lowest BCUT2D eigenvalue weighted by atomic mass is 9.92. The van der Waals surface area contributed by atoms with E-state index < -0.39 is 0 Å². The molecule has 1 saturated heterocycles. The van der Waals surface area contributed by atoms with Crippen LogP contribution in [0.4, 0.5) is 0 Å². The smallest absolute Gasteiger partial charge is 0.138 e. The molecule has 4 aromatic rings. The zero-order valence-electron chi connectivity index (χ0n) is 20.3. The molecule has 0 aliphatic carbocycles. The minimum atomic E-state index is 0.904. The van der Waals surface area contributed by atoms with Crippen LogP contribution in [0.5, 0.6) is 0 Å². The Bertz CT molecular complexity index is 1270. The van der Waals surface area contributed by atoms with Gasteiger partial charge in [-0.15, -0.1) is 0 Å². The van der Waals surface area contributed by atoms with E-state index in [0.717, 1.165) is 34.9 Å². The fourth-order valence-electron chi connectivity index (χ4n) is 5.58. The Morgan fingerprint density at radius 2 is 1.81 bits per heavy atom. The van der Waals surface area contributed by atoms with E-state index in [1.54, 1.807) is 0 Å². The maximum absolute atomic E-state index is 4.93. The molecule has 4 heteroatoms. The number of H-pyrrole nitrogens is 1. The van der Waals surface area contributed by atoms with Crippen LogP contribution in [0.15, 0.2) is 30.3 Å². The SMILES string of the molecule is Cc1cc(C)c2nc(-c3ccc4c(c3)c(C)c(C)n4CCCC3CCN(C)CC3)[nH]c2c1. The molecule has 2 aromatic carbocycles. The van der Waals surface area contributed by atoms with Crippen molar-refractivity contribution >= 4 is 21.9 Å². The van der Waals surface area contributed by atoms with Crippen molar-refractivity contribution in [3.05, 3.63) is 52.7 Å². The number of nitrogens with zero attached hydrogens (tertiary/aromatic N) is 3. The summed E-state index contributed by atoms with van der Waals surface area (Å²) >= 11 is 0. The molecule has 0 spiro atoms. The lowest BCUT2D eigenvalue weighted by Crippen LogP contribution is -2.30. The third kappa shape index (κ3) is 3.86. The van der Waals surface area contributed by atoms with Crippen LogP contribution in [-0.2, 0) is 6.54 Å². The molecule has 168 valence electrons. The summed E-state index contributed by atoms with van der Waals surface area (Å²) < 4.78 is 2.54. The van der Waals surface area contributed by atoms with Crippen molar-refractivity contribution in [1.29, 1.82) is 0 Å². The first-order valence-corrected chi connectivity index (χ1v) is 12.2. The van der Waals surface area contributed by atoms with Crippen molar-refractivity contribution in [1.82, 2.24) is 19.4 Å². The van der Waals surface area contributed by atoms with Gasteiger partial charge in [0.2, 0.25) is 0 Å².